The van der Waals surface area contributed by atoms with E-state index in [-0.39, 0.29) is 36.1 Å². The van der Waals surface area contributed by atoms with Gasteiger partial charge in [0.05, 0.1) is 17.2 Å². The number of aromatic nitrogens is 1. The molecular weight excluding hydrogens is 391 g/mol. The normalized spacial score (nSPS) is 19.5. The van der Waals surface area contributed by atoms with Gasteiger partial charge in [-0.3, -0.25) is 9.69 Å². The Balaban J connectivity index is 0.00000169. The van der Waals surface area contributed by atoms with E-state index < -0.39 is 0 Å². The van der Waals surface area contributed by atoms with Crippen molar-refractivity contribution < 1.29 is 4.79 Å². The van der Waals surface area contributed by atoms with E-state index in [2.05, 4.69) is 22.1 Å². The number of hydrogen-bond acceptors (Lipinski definition) is 5. The van der Waals surface area contributed by atoms with Gasteiger partial charge >= 0.3 is 0 Å². The average Bonchev–Trinajstić information content (AvgIpc) is 3.14. The fourth-order valence-electron chi connectivity index (χ4n) is 3.08. The first kappa shape index (κ1) is 22.9. The topological polar surface area (TPSA) is 71.2 Å². The number of anilines is 1. The van der Waals surface area contributed by atoms with Crippen LogP contribution in [0, 0.1) is 12.3 Å². The zero-order chi connectivity index (χ0) is 17.2. The van der Waals surface area contributed by atoms with Crippen molar-refractivity contribution in [2.75, 3.05) is 31.5 Å². The van der Waals surface area contributed by atoms with E-state index >= 15 is 0 Å². The number of thiazole rings is 1. The Labute approximate surface area is 171 Å². The van der Waals surface area contributed by atoms with E-state index in [0.717, 1.165) is 41.5 Å². The molecule has 1 amide bonds. The third-order valence-corrected chi connectivity index (χ3v) is 5.33. The third kappa shape index (κ3) is 5.66. The lowest BCUT2D eigenvalue weighted by molar-refractivity contribution is -0.117. The van der Waals surface area contributed by atoms with Gasteiger partial charge in [-0.1, -0.05) is 19.1 Å². The summed E-state index contributed by atoms with van der Waals surface area (Å²) in [7, 11) is 0. The lowest BCUT2D eigenvalue weighted by Gasteiger charge is -2.22. The average molecular weight is 417 g/mol. The number of carbonyl (C=O) groups is 1. The van der Waals surface area contributed by atoms with Crippen LogP contribution in [0.1, 0.15) is 18.4 Å². The Morgan fingerprint density at radius 3 is 2.81 bits per heavy atom. The van der Waals surface area contributed by atoms with Crippen LogP contribution in [-0.2, 0) is 4.79 Å². The maximum Gasteiger partial charge on any atom is 0.238 e. The number of benzene rings is 1. The van der Waals surface area contributed by atoms with Crippen LogP contribution in [0.25, 0.3) is 11.3 Å². The molecule has 5 nitrogen and oxygen atoms in total. The second-order valence-electron chi connectivity index (χ2n) is 6.86. The fraction of sp³-hybridized carbons (Fsp3) is 0.444. The van der Waals surface area contributed by atoms with Crippen LogP contribution < -0.4 is 11.1 Å². The number of nitrogens with one attached hydrogen (secondary N) is 1. The Morgan fingerprint density at radius 2 is 2.19 bits per heavy atom. The second-order valence-corrected chi connectivity index (χ2v) is 7.92. The van der Waals surface area contributed by atoms with Crippen LogP contribution in [0.5, 0.6) is 0 Å². The monoisotopic (exact) mass is 416 g/mol. The summed E-state index contributed by atoms with van der Waals surface area (Å²) in [5, 5.41) is 6.07. The van der Waals surface area contributed by atoms with Gasteiger partial charge in [0.1, 0.15) is 0 Å². The first-order chi connectivity index (χ1) is 11.5. The van der Waals surface area contributed by atoms with Gasteiger partial charge in [-0.25, -0.2) is 4.98 Å². The standard InChI is InChI=1S/C18H24N4OS.2ClH/c1-13-20-16(10-24-13)14-4-3-5-15(8-14)21-17(23)9-22-7-6-18(2,11-19)12-22;;/h3-5,8,10H,6-7,9,11-12,19H2,1-2H3,(H,21,23);2*1H. The molecule has 8 heteroatoms. The Bertz CT molecular complexity index is 739. The molecule has 0 radical (unpaired) electrons. The van der Waals surface area contributed by atoms with E-state index in [1.54, 1.807) is 11.3 Å². The van der Waals surface area contributed by atoms with Crippen LogP contribution in [0.4, 0.5) is 5.69 Å². The van der Waals surface area contributed by atoms with Gasteiger partial charge in [-0.05, 0) is 44.0 Å². The third-order valence-electron chi connectivity index (χ3n) is 4.56. The van der Waals surface area contributed by atoms with Gasteiger partial charge in [0, 0.05) is 23.2 Å². The van der Waals surface area contributed by atoms with E-state index in [0.29, 0.717) is 13.1 Å². The lowest BCUT2D eigenvalue weighted by Crippen LogP contribution is -2.35. The molecule has 1 unspecified atom stereocenters. The number of likely N-dealkylation sites (tertiary alicyclic amines) is 1. The lowest BCUT2D eigenvalue weighted by atomic mass is 9.90. The van der Waals surface area contributed by atoms with Crippen LogP contribution >= 0.6 is 36.2 Å². The van der Waals surface area contributed by atoms with Gasteiger partial charge in [0.15, 0.2) is 0 Å². The number of nitrogens with zero attached hydrogens (tertiary/aromatic N) is 2. The largest absolute Gasteiger partial charge is 0.330 e. The molecule has 0 aliphatic carbocycles. The number of rotatable bonds is 5. The maximum absolute atomic E-state index is 12.3. The molecule has 2 aromatic rings. The zero-order valence-corrected chi connectivity index (χ0v) is 17.5. The van der Waals surface area contributed by atoms with Crippen molar-refractivity contribution in [1.82, 2.24) is 9.88 Å². The molecule has 1 saturated heterocycles. The molecule has 2 heterocycles. The minimum Gasteiger partial charge on any atom is -0.330 e. The maximum atomic E-state index is 12.3. The predicted molar refractivity (Wildman–Crippen MR) is 114 cm³/mol. The highest BCUT2D eigenvalue weighted by Crippen LogP contribution is 2.28. The molecule has 3 rings (SSSR count). The van der Waals surface area contributed by atoms with Crippen molar-refractivity contribution in [3.05, 3.63) is 34.7 Å². The summed E-state index contributed by atoms with van der Waals surface area (Å²) in [5.41, 5.74) is 8.75. The number of nitrogens with two attached hydrogens (primary N) is 1. The van der Waals surface area contributed by atoms with Crippen molar-refractivity contribution in [1.29, 1.82) is 0 Å². The number of carbonyl (C=O) groups excluding carboxylic acids is 1. The smallest absolute Gasteiger partial charge is 0.238 e. The van der Waals surface area contributed by atoms with Crippen LogP contribution in [0.2, 0.25) is 0 Å². The number of halogens is 2. The highest BCUT2D eigenvalue weighted by molar-refractivity contribution is 7.09. The van der Waals surface area contributed by atoms with Crippen molar-refractivity contribution in [2.45, 2.75) is 20.3 Å². The summed E-state index contributed by atoms with van der Waals surface area (Å²) >= 11 is 1.63. The summed E-state index contributed by atoms with van der Waals surface area (Å²) in [6.45, 7) is 7.07. The molecule has 0 bridgehead atoms. The quantitative estimate of drug-likeness (QED) is 0.780. The van der Waals surface area contributed by atoms with Crippen molar-refractivity contribution in [3.63, 3.8) is 0 Å². The Morgan fingerprint density at radius 1 is 1.42 bits per heavy atom. The minimum atomic E-state index is 0. The SMILES string of the molecule is Cc1nc(-c2cccc(NC(=O)CN3CCC(C)(CN)C3)c2)cs1.Cl.Cl. The summed E-state index contributed by atoms with van der Waals surface area (Å²) < 4.78 is 0. The van der Waals surface area contributed by atoms with Crippen molar-refractivity contribution >= 4 is 47.7 Å². The predicted octanol–water partition coefficient (Wildman–Crippen LogP) is 3.57. The first-order valence-corrected chi connectivity index (χ1v) is 9.10. The highest BCUT2D eigenvalue weighted by atomic mass is 35.5. The van der Waals surface area contributed by atoms with Gasteiger partial charge < -0.3 is 11.1 Å². The second kappa shape index (κ2) is 9.67. The molecule has 1 aromatic heterocycles. The van der Waals surface area contributed by atoms with Crippen LogP contribution in [0.3, 0.4) is 0 Å². The molecule has 0 saturated carbocycles. The van der Waals surface area contributed by atoms with Crippen molar-refractivity contribution in [2.24, 2.45) is 11.1 Å². The molecule has 26 heavy (non-hydrogen) atoms. The molecule has 0 spiro atoms. The summed E-state index contributed by atoms with van der Waals surface area (Å²) in [6, 6.07) is 7.84. The molecule has 1 aliphatic rings. The molecule has 1 fully saturated rings. The molecular formula is C18H26Cl2N4OS. The Hall–Kier alpha value is -1.18. The van der Waals surface area contributed by atoms with Crippen LogP contribution in [0.15, 0.2) is 29.6 Å². The zero-order valence-electron chi connectivity index (χ0n) is 15.0. The van der Waals surface area contributed by atoms with Gasteiger partial charge in [0.25, 0.3) is 0 Å². The van der Waals surface area contributed by atoms with E-state index in [1.807, 2.05) is 36.6 Å². The number of amides is 1. The number of hydrogen-bond donors (Lipinski definition) is 2. The van der Waals surface area contributed by atoms with Crippen LogP contribution in [-0.4, -0.2) is 42.0 Å². The Kier molecular flexibility index (Phi) is 8.50. The fourth-order valence-corrected chi connectivity index (χ4v) is 3.71. The number of aryl methyl sites for hydroxylation is 1. The highest BCUT2D eigenvalue weighted by Gasteiger charge is 2.33. The summed E-state index contributed by atoms with van der Waals surface area (Å²) in [6.07, 6.45) is 1.05. The first-order valence-electron chi connectivity index (χ1n) is 8.22. The minimum absolute atomic E-state index is 0. The van der Waals surface area contributed by atoms with Gasteiger partial charge in [0.2, 0.25) is 5.91 Å². The molecule has 1 aromatic carbocycles. The van der Waals surface area contributed by atoms with E-state index in [1.165, 1.54) is 0 Å². The summed E-state index contributed by atoms with van der Waals surface area (Å²) in [5.74, 6) is 0.0166. The molecule has 144 valence electrons. The molecule has 3 N–H and O–H groups in total. The van der Waals surface area contributed by atoms with Crippen molar-refractivity contribution in [3.8, 4) is 11.3 Å². The molecule has 1 aliphatic heterocycles. The van der Waals surface area contributed by atoms with Gasteiger partial charge in [-0.2, -0.15) is 0 Å². The summed E-state index contributed by atoms with van der Waals surface area (Å²) in [4.78, 5) is 19.0. The van der Waals surface area contributed by atoms with E-state index in [9.17, 15) is 4.79 Å². The molecule has 1 atom stereocenters. The van der Waals surface area contributed by atoms with Gasteiger partial charge in [-0.15, -0.1) is 36.2 Å². The van der Waals surface area contributed by atoms with E-state index in [4.69, 9.17) is 5.73 Å².